The van der Waals surface area contributed by atoms with Crippen molar-refractivity contribution in [1.29, 1.82) is 0 Å². The molecular formula is C10H10S2Si. The fraction of sp³-hybridized carbons (Fsp3) is 0.100. The van der Waals surface area contributed by atoms with Crippen molar-refractivity contribution in [3.8, 4) is 0 Å². The van der Waals surface area contributed by atoms with Crippen LogP contribution >= 0.6 is 22.7 Å². The van der Waals surface area contributed by atoms with Crippen molar-refractivity contribution >= 4 is 45.8 Å². The summed E-state index contributed by atoms with van der Waals surface area (Å²) >= 11 is 3.75. The largest absolute Gasteiger partial charge is 0.149 e. The molecule has 0 saturated heterocycles. The quantitative estimate of drug-likeness (QED) is 0.680. The Hall–Kier alpha value is -0.513. The van der Waals surface area contributed by atoms with Crippen molar-refractivity contribution in [2.75, 3.05) is 0 Å². The SMILES string of the molecule is CC=[Si](c1cccs1)c1cccs1. The summed E-state index contributed by atoms with van der Waals surface area (Å²) in [5.74, 6) is 0. The van der Waals surface area contributed by atoms with Crippen LogP contribution in [0.15, 0.2) is 35.0 Å². The van der Waals surface area contributed by atoms with E-state index in [1.165, 1.54) is 9.00 Å². The fourth-order valence-electron chi connectivity index (χ4n) is 1.27. The molecule has 0 aliphatic rings. The van der Waals surface area contributed by atoms with Crippen molar-refractivity contribution in [3.05, 3.63) is 35.0 Å². The molecule has 0 atom stereocenters. The van der Waals surface area contributed by atoms with Gasteiger partial charge in [0, 0.05) is 9.00 Å². The summed E-state index contributed by atoms with van der Waals surface area (Å²) < 4.78 is 3.07. The Labute approximate surface area is 87.7 Å². The van der Waals surface area contributed by atoms with Gasteiger partial charge < -0.3 is 0 Å². The van der Waals surface area contributed by atoms with E-state index in [2.05, 4.69) is 47.6 Å². The first kappa shape index (κ1) is 9.06. The molecule has 2 heterocycles. The molecular weight excluding hydrogens is 212 g/mol. The highest BCUT2D eigenvalue weighted by molar-refractivity contribution is 7.31. The molecule has 0 aliphatic carbocycles. The maximum atomic E-state index is 2.36. The lowest BCUT2D eigenvalue weighted by Gasteiger charge is -1.97. The number of rotatable bonds is 2. The van der Waals surface area contributed by atoms with Crippen LogP contribution in [0.4, 0.5) is 0 Å². The van der Waals surface area contributed by atoms with Crippen LogP contribution in [0.5, 0.6) is 0 Å². The van der Waals surface area contributed by atoms with Crippen LogP contribution in [0, 0.1) is 0 Å². The predicted molar refractivity (Wildman–Crippen MR) is 65.4 cm³/mol. The van der Waals surface area contributed by atoms with Crippen LogP contribution in [0.1, 0.15) is 6.92 Å². The van der Waals surface area contributed by atoms with Gasteiger partial charge in [-0.25, -0.2) is 0 Å². The molecule has 0 spiro atoms. The predicted octanol–water partition coefficient (Wildman–Crippen LogP) is 1.82. The van der Waals surface area contributed by atoms with E-state index < -0.39 is 8.41 Å². The minimum absolute atomic E-state index is 0.541. The third kappa shape index (κ3) is 1.87. The summed E-state index contributed by atoms with van der Waals surface area (Å²) in [4.78, 5) is 0. The molecule has 2 aromatic heterocycles. The Bertz CT molecular complexity index is 348. The molecule has 0 fully saturated rings. The van der Waals surface area contributed by atoms with E-state index in [0.717, 1.165) is 0 Å². The van der Waals surface area contributed by atoms with Crippen molar-refractivity contribution in [1.82, 2.24) is 0 Å². The zero-order chi connectivity index (χ0) is 9.10. The van der Waals surface area contributed by atoms with Crippen molar-refractivity contribution in [2.24, 2.45) is 0 Å². The Balaban J connectivity index is 2.42. The third-order valence-electron chi connectivity index (χ3n) is 1.86. The van der Waals surface area contributed by atoms with Crippen LogP contribution in [-0.4, -0.2) is 14.1 Å². The fourth-order valence-corrected chi connectivity index (χ4v) is 6.54. The lowest BCUT2D eigenvalue weighted by molar-refractivity contribution is 2.04. The molecule has 0 radical (unpaired) electrons. The molecule has 0 nitrogen and oxygen atoms in total. The summed E-state index contributed by atoms with van der Waals surface area (Å²) in [6.07, 6.45) is 0. The van der Waals surface area contributed by atoms with E-state index in [-0.39, 0.29) is 0 Å². The van der Waals surface area contributed by atoms with Gasteiger partial charge >= 0.3 is 0 Å². The van der Waals surface area contributed by atoms with E-state index in [4.69, 9.17) is 0 Å². The summed E-state index contributed by atoms with van der Waals surface area (Å²) in [6, 6.07) is 8.78. The normalized spacial score (nSPS) is 9.92. The molecule has 66 valence electrons. The molecule has 0 saturated carbocycles. The second-order valence-electron chi connectivity index (χ2n) is 2.66. The second-order valence-corrected chi connectivity index (χ2v) is 7.76. The molecule has 0 amide bonds. The summed E-state index contributed by atoms with van der Waals surface area (Å²) in [5, 5.41) is 4.33. The van der Waals surface area contributed by atoms with E-state index in [1.807, 2.05) is 22.7 Å². The minimum atomic E-state index is -0.541. The zero-order valence-electron chi connectivity index (χ0n) is 7.36. The molecule has 0 bridgehead atoms. The summed E-state index contributed by atoms with van der Waals surface area (Å²) in [6.45, 7) is 2.17. The molecule has 2 rings (SSSR count). The molecule has 0 N–H and O–H groups in total. The van der Waals surface area contributed by atoms with Gasteiger partial charge in [0.05, 0.1) is 0 Å². The first-order valence-electron chi connectivity index (χ1n) is 4.16. The highest BCUT2D eigenvalue weighted by atomic mass is 32.1. The maximum Gasteiger partial charge on any atom is 0.102 e. The van der Waals surface area contributed by atoms with Crippen molar-refractivity contribution in [3.63, 3.8) is 0 Å². The Morgan fingerprint density at radius 2 is 1.62 bits per heavy atom. The van der Waals surface area contributed by atoms with Gasteiger partial charge in [0.15, 0.2) is 0 Å². The van der Waals surface area contributed by atoms with Gasteiger partial charge in [0.25, 0.3) is 0 Å². The number of thiophene rings is 2. The Morgan fingerprint density at radius 3 is 1.92 bits per heavy atom. The van der Waals surface area contributed by atoms with E-state index in [9.17, 15) is 0 Å². The first-order chi connectivity index (χ1) is 6.42. The first-order valence-corrected chi connectivity index (χ1v) is 7.49. The van der Waals surface area contributed by atoms with E-state index >= 15 is 0 Å². The maximum absolute atomic E-state index is 2.36. The van der Waals surface area contributed by atoms with Gasteiger partial charge in [0.2, 0.25) is 0 Å². The number of hydrogen-bond donors (Lipinski definition) is 0. The van der Waals surface area contributed by atoms with Gasteiger partial charge in [-0.05, 0) is 22.9 Å². The highest BCUT2D eigenvalue weighted by Crippen LogP contribution is 1.98. The topological polar surface area (TPSA) is 0 Å². The summed E-state index contributed by atoms with van der Waals surface area (Å²) in [5.41, 5.74) is 2.36. The molecule has 0 aromatic carbocycles. The van der Waals surface area contributed by atoms with Crippen molar-refractivity contribution < 1.29 is 0 Å². The smallest absolute Gasteiger partial charge is 0.102 e. The van der Waals surface area contributed by atoms with E-state index in [0.29, 0.717) is 0 Å². The van der Waals surface area contributed by atoms with Gasteiger partial charge in [0.1, 0.15) is 8.41 Å². The van der Waals surface area contributed by atoms with Crippen LogP contribution in [0.3, 0.4) is 0 Å². The molecule has 3 heteroatoms. The van der Waals surface area contributed by atoms with Gasteiger partial charge in [-0.2, -0.15) is 0 Å². The van der Waals surface area contributed by atoms with Gasteiger partial charge in [-0.1, -0.05) is 24.7 Å². The van der Waals surface area contributed by atoms with Gasteiger partial charge in [-0.3, -0.25) is 0 Å². The Morgan fingerprint density at radius 1 is 1.08 bits per heavy atom. The monoisotopic (exact) mass is 222 g/mol. The minimum Gasteiger partial charge on any atom is -0.149 e. The van der Waals surface area contributed by atoms with Crippen molar-refractivity contribution in [2.45, 2.75) is 6.92 Å². The van der Waals surface area contributed by atoms with Crippen LogP contribution < -0.4 is 9.00 Å². The average Bonchev–Trinajstić information content (AvgIpc) is 2.76. The standard InChI is InChI=1S/C10H10S2Si/c1-2-13(9-5-3-7-11-9)10-6-4-8-12-10/h2-8H,1H3. The van der Waals surface area contributed by atoms with Crippen LogP contribution in [0.2, 0.25) is 0 Å². The van der Waals surface area contributed by atoms with Gasteiger partial charge in [-0.15, -0.1) is 22.7 Å². The zero-order valence-corrected chi connectivity index (χ0v) is 9.99. The molecule has 0 aliphatic heterocycles. The molecule has 2 aromatic rings. The third-order valence-corrected chi connectivity index (χ3v) is 7.23. The lowest BCUT2D eigenvalue weighted by Crippen LogP contribution is -2.31. The lowest BCUT2D eigenvalue weighted by atomic mass is 10.7. The van der Waals surface area contributed by atoms with Crippen LogP contribution in [0.25, 0.3) is 0 Å². The van der Waals surface area contributed by atoms with E-state index in [1.54, 1.807) is 0 Å². The Kier molecular flexibility index (Phi) is 2.88. The highest BCUT2D eigenvalue weighted by Gasteiger charge is 2.06. The summed E-state index contributed by atoms with van der Waals surface area (Å²) in [7, 11) is -0.541. The van der Waals surface area contributed by atoms with Crippen LogP contribution in [-0.2, 0) is 0 Å². The second kappa shape index (κ2) is 4.13. The molecule has 13 heavy (non-hydrogen) atoms. The molecule has 0 unspecified atom stereocenters. The number of hydrogen-bond acceptors (Lipinski definition) is 2. The average molecular weight is 222 g/mol.